The van der Waals surface area contributed by atoms with Crippen LogP contribution in [-0.4, -0.2) is 73.0 Å². The first kappa shape index (κ1) is 23.5. The van der Waals surface area contributed by atoms with Crippen LogP contribution >= 0.6 is 11.8 Å². The molecular weight excluding hydrogens is 438 g/mol. The second-order valence-electron chi connectivity index (χ2n) is 7.42. The number of thioether (sulfide) groups is 1. The number of benzene rings is 1. The summed E-state index contributed by atoms with van der Waals surface area (Å²) in [6.45, 7) is 3.98. The number of rotatable bonds is 7. The molecule has 0 saturated carbocycles. The molecule has 0 spiro atoms. The van der Waals surface area contributed by atoms with Gasteiger partial charge in [-0.1, -0.05) is 17.8 Å². The number of piperazine rings is 1. The Balaban J connectivity index is 1.66. The van der Waals surface area contributed by atoms with Crippen molar-refractivity contribution in [3.8, 4) is 0 Å². The standard InChI is InChI=1S/C20H27N5O4S2/c1-14-17(19(27)23-20(21-14)30-3)7-8-18(26)22-15-5-4-6-16(13-15)31(28,29)25-11-9-24(2)10-12-25/h4-6,13H,7-12H2,1-3H3,(H,22,26)(H,21,23,27). The molecule has 0 bridgehead atoms. The smallest absolute Gasteiger partial charge is 0.254 e. The molecule has 1 fully saturated rings. The molecule has 3 rings (SSSR count). The summed E-state index contributed by atoms with van der Waals surface area (Å²) < 4.78 is 27.3. The summed E-state index contributed by atoms with van der Waals surface area (Å²) in [6, 6.07) is 6.26. The minimum Gasteiger partial charge on any atom is -0.326 e. The van der Waals surface area contributed by atoms with E-state index in [9.17, 15) is 18.0 Å². The van der Waals surface area contributed by atoms with Gasteiger partial charge in [-0.15, -0.1) is 0 Å². The van der Waals surface area contributed by atoms with Gasteiger partial charge in [0.05, 0.1) is 4.90 Å². The maximum Gasteiger partial charge on any atom is 0.254 e. The summed E-state index contributed by atoms with van der Waals surface area (Å²) in [4.78, 5) is 33.8. The molecule has 11 heteroatoms. The number of hydrogen-bond donors (Lipinski definition) is 2. The van der Waals surface area contributed by atoms with Crippen LogP contribution in [0.5, 0.6) is 0 Å². The molecule has 0 atom stereocenters. The summed E-state index contributed by atoms with van der Waals surface area (Å²) >= 11 is 1.34. The van der Waals surface area contributed by atoms with E-state index in [0.717, 1.165) is 0 Å². The van der Waals surface area contributed by atoms with Crippen LogP contribution < -0.4 is 10.9 Å². The van der Waals surface area contributed by atoms with Crippen molar-refractivity contribution in [1.82, 2.24) is 19.2 Å². The largest absolute Gasteiger partial charge is 0.326 e. The van der Waals surface area contributed by atoms with Crippen molar-refractivity contribution < 1.29 is 13.2 Å². The van der Waals surface area contributed by atoms with E-state index in [1.54, 1.807) is 19.1 Å². The number of aromatic nitrogens is 2. The minimum atomic E-state index is -3.62. The van der Waals surface area contributed by atoms with Gasteiger partial charge in [-0.3, -0.25) is 9.59 Å². The predicted molar refractivity (Wildman–Crippen MR) is 121 cm³/mol. The van der Waals surface area contributed by atoms with Crippen molar-refractivity contribution >= 4 is 33.4 Å². The number of aromatic amines is 1. The lowest BCUT2D eigenvalue weighted by Gasteiger charge is -2.31. The SMILES string of the molecule is CSc1nc(C)c(CCC(=O)Nc2cccc(S(=O)(=O)N3CCN(C)CC3)c2)c(=O)[nH]1. The van der Waals surface area contributed by atoms with Crippen molar-refractivity contribution in [1.29, 1.82) is 0 Å². The number of amides is 1. The van der Waals surface area contributed by atoms with Gasteiger partial charge in [0.1, 0.15) is 0 Å². The molecule has 1 aliphatic heterocycles. The first-order chi connectivity index (χ1) is 14.7. The Bertz CT molecular complexity index is 1110. The minimum absolute atomic E-state index is 0.0830. The van der Waals surface area contributed by atoms with Gasteiger partial charge >= 0.3 is 0 Å². The van der Waals surface area contributed by atoms with Gasteiger partial charge in [-0.2, -0.15) is 4.31 Å². The monoisotopic (exact) mass is 465 g/mol. The van der Waals surface area contributed by atoms with Gasteiger partial charge in [0, 0.05) is 49.5 Å². The Morgan fingerprint density at radius 3 is 2.61 bits per heavy atom. The third-order valence-electron chi connectivity index (χ3n) is 5.21. The molecule has 1 amide bonds. The van der Waals surface area contributed by atoms with Crippen LogP contribution in [0.25, 0.3) is 0 Å². The van der Waals surface area contributed by atoms with Gasteiger partial charge in [-0.05, 0) is 44.8 Å². The van der Waals surface area contributed by atoms with Gasteiger partial charge in [0.2, 0.25) is 15.9 Å². The van der Waals surface area contributed by atoms with E-state index >= 15 is 0 Å². The molecule has 2 heterocycles. The molecule has 2 N–H and O–H groups in total. The fourth-order valence-electron chi connectivity index (χ4n) is 3.35. The van der Waals surface area contributed by atoms with E-state index in [4.69, 9.17) is 0 Å². The normalized spacial score (nSPS) is 15.7. The number of hydrogen-bond acceptors (Lipinski definition) is 7. The van der Waals surface area contributed by atoms with Crippen molar-refractivity contribution in [2.45, 2.75) is 29.8 Å². The highest BCUT2D eigenvalue weighted by Crippen LogP contribution is 2.21. The van der Waals surface area contributed by atoms with Crippen molar-refractivity contribution in [3.05, 3.63) is 45.9 Å². The van der Waals surface area contributed by atoms with Crippen LogP contribution in [0.3, 0.4) is 0 Å². The molecule has 31 heavy (non-hydrogen) atoms. The Morgan fingerprint density at radius 1 is 1.26 bits per heavy atom. The highest BCUT2D eigenvalue weighted by Gasteiger charge is 2.27. The molecular formula is C20H27N5O4S2. The number of aryl methyl sites for hydroxylation is 1. The Hall–Kier alpha value is -2.21. The quantitative estimate of drug-likeness (QED) is 0.468. The maximum absolute atomic E-state index is 12.9. The fourth-order valence-corrected chi connectivity index (χ4v) is 5.24. The van der Waals surface area contributed by atoms with Crippen LogP contribution in [0.2, 0.25) is 0 Å². The van der Waals surface area contributed by atoms with Crippen molar-refractivity contribution in [2.24, 2.45) is 0 Å². The van der Waals surface area contributed by atoms with E-state index in [0.29, 0.717) is 48.3 Å². The van der Waals surface area contributed by atoms with Crippen molar-refractivity contribution in [2.75, 3.05) is 44.8 Å². The Kier molecular flexibility index (Phi) is 7.52. The lowest BCUT2D eigenvalue weighted by molar-refractivity contribution is -0.116. The number of anilines is 1. The first-order valence-electron chi connectivity index (χ1n) is 9.93. The molecule has 1 aliphatic rings. The summed E-state index contributed by atoms with van der Waals surface area (Å²) in [7, 11) is -1.66. The molecule has 2 aromatic rings. The second-order valence-corrected chi connectivity index (χ2v) is 10.2. The van der Waals surface area contributed by atoms with Gasteiger partial charge in [0.15, 0.2) is 5.16 Å². The summed E-state index contributed by atoms with van der Waals surface area (Å²) in [5.41, 5.74) is 1.23. The highest BCUT2D eigenvalue weighted by atomic mass is 32.2. The van der Waals surface area contributed by atoms with Gasteiger partial charge in [0.25, 0.3) is 5.56 Å². The molecule has 0 radical (unpaired) electrons. The zero-order chi connectivity index (χ0) is 22.6. The highest BCUT2D eigenvalue weighted by molar-refractivity contribution is 7.98. The zero-order valence-corrected chi connectivity index (χ0v) is 19.5. The summed E-state index contributed by atoms with van der Waals surface area (Å²) in [6.07, 6.45) is 2.15. The topological polar surface area (TPSA) is 115 Å². The Labute approximate surface area is 186 Å². The zero-order valence-electron chi connectivity index (χ0n) is 17.8. The lowest BCUT2D eigenvalue weighted by atomic mass is 10.1. The van der Waals surface area contributed by atoms with E-state index < -0.39 is 10.0 Å². The van der Waals surface area contributed by atoms with Crippen LogP contribution in [0.15, 0.2) is 39.1 Å². The molecule has 0 unspecified atom stereocenters. The molecule has 9 nitrogen and oxygen atoms in total. The van der Waals surface area contributed by atoms with Crippen LogP contribution in [-0.2, 0) is 21.2 Å². The average molecular weight is 466 g/mol. The van der Waals surface area contributed by atoms with E-state index in [1.807, 2.05) is 13.3 Å². The number of H-pyrrole nitrogens is 1. The molecule has 1 saturated heterocycles. The lowest BCUT2D eigenvalue weighted by Crippen LogP contribution is -2.47. The second kappa shape index (κ2) is 9.94. The number of carbonyl (C=O) groups is 1. The third-order valence-corrected chi connectivity index (χ3v) is 7.69. The number of carbonyl (C=O) groups excluding carboxylic acids is 1. The molecule has 1 aromatic heterocycles. The van der Waals surface area contributed by atoms with Gasteiger partial charge in [-0.25, -0.2) is 13.4 Å². The number of nitrogens with one attached hydrogen (secondary N) is 2. The fraction of sp³-hybridized carbons (Fsp3) is 0.450. The first-order valence-corrected chi connectivity index (χ1v) is 12.6. The van der Waals surface area contributed by atoms with E-state index in [-0.39, 0.29) is 29.2 Å². The molecule has 1 aromatic carbocycles. The van der Waals surface area contributed by atoms with E-state index in [2.05, 4.69) is 20.2 Å². The number of sulfonamides is 1. The number of nitrogens with zero attached hydrogens (tertiary/aromatic N) is 3. The molecule has 0 aliphatic carbocycles. The summed E-state index contributed by atoms with van der Waals surface area (Å²) in [5, 5.41) is 3.27. The Morgan fingerprint density at radius 2 is 1.97 bits per heavy atom. The predicted octanol–water partition coefficient (Wildman–Crippen LogP) is 1.31. The number of likely N-dealkylation sites (N-methyl/N-ethyl adjacent to an activating group) is 1. The average Bonchev–Trinajstić information content (AvgIpc) is 2.73. The van der Waals surface area contributed by atoms with Crippen LogP contribution in [0.1, 0.15) is 17.7 Å². The maximum atomic E-state index is 12.9. The van der Waals surface area contributed by atoms with Crippen LogP contribution in [0, 0.1) is 6.92 Å². The molecule has 168 valence electrons. The van der Waals surface area contributed by atoms with Gasteiger partial charge < -0.3 is 15.2 Å². The van der Waals surface area contributed by atoms with Crippen molar-refractivity contribution in [3.63, 3.8) is 0 Å². The summed E-state index contributed by atoms with van der Waals surface area (Å²) in [5.74, 6) is -0.304. The third kappa shape index (κ3) is 5.73. The van der Waals surface area contributed by atoms with E-state index in [1.165, 1.54) is 28.2 Å². The van der Waals surface area contributed by atoms with Crippen LogP contribution in [0.4, 0.5) is 5.69 Å².